The summed E-state index contributed by atoms with van der Waals surface area (Å²) in [6.07, 6.45) is 0. The predicted octanol–water partition coefficient (Wildman–Crippen LogP) is 2.24. The van der Waals surface area contributed by atoms with Crippen molar-refractivity contribution in [1.82, 2.24) is 19.6 Å². The van der Waals surface area contributed by atoms with E-state index < -0.39 is 6.61 Å². The standard InChI is InChI=1S/C19H22F2N4O3/c1-12-16(13(2)23(3)22-12)18(27)25-9-7-24(8-10-25)17(26)14-5-4-6-15(11-14)28-19(20)21/h4-6,11,19H,7-10H2,1-3H3. The Morgan fingerprint density at radius 2 is 1.68 bits per heavy atom. The highest BCUT2D eigenvalue weighted by atomic mass is 19.3. The highest BCUT2D eigenvalue weighted by Crippen LogP contribution is 2.19. The number of ether oxygens (including phenoxy) is 1. The van der Waals surface area contributed by atoms with Crippen molar-refractivity contribution in [3.05, 3.63) is 46.8 Å². The zero-order valence-corrected chi connectivity index (χ0v) is 16.0. The number of nitrogens with zero attached hydrogens (tertiary/aromatic N) is 4. The van der Waals surface area contributed by atoms with Crippen LogP contribution in [0.4, 0.5) is 8.78 Å². The van der Waals surface area contributed by atoms with Crippen LogP contribution in [0.2, 0.25) is 0 Å². The third kappa shape index (κ3) is 3.97. The van der Waals surface area contributed by atoms with Gasteiger partial charge in [0.2, 0.25) is 0 Å². The first kappa shape index (κ1) is 19.8. The summed E-state index contributed by atoms with van der Waals surface area (Å²) in [7, 11) is 1.79. The number of hydrogen-bond acceptors (Lipinski definition) is 4. The van der Waals surface area contributed by atoms with E-state index in [1.807, 2.05) is 6.92 Å². The fourth-order valence-corrected chi connectivity index (χ4v) is 3.34. The Labute approximate surface area is 161 Å². The molecule has 2 amide bonds. The van der Waals surface area contributed by atoms with E-state index in [-0.39, 0.29) is 23.1 Å². The van der Waals surface area contributed by atoms with E-state index in [0.29, 0.717) is 37.4 Å². The SMILES string of the molecule is Cc1nn(C)c(C)c1C(=O)N1CCN(C(=O)c2cccc(OC(F)F)c2)CC1. The molecule has 1 aliphatic rings. The number of aryl methyl sites for hydroxylation is 2. The summed E-state index contributed by atoms with van der Waals surface area (Å²) in [4.78, 5) is 28.8. The summed E-state index contributed by atoms with van der Waals surface area (Å²) in [5, 5.41) is 4.28. The monoisotopic (exact) mass is 392 g/mol. The minimum absolute atomic E-state index is 0.0582. The average molecular weight is 392 g/mol. The van der Waals surface area contributed by atoms with Gasteiger partial charge in [0.25, 0.3) is 11.8 Å². The van der Waals surface area contributed by atoms with Crippen LogP contribution in [0.25, 0.3) is 0 Å². The number of aromatic nitrogens is 2. The molecule has 0 N–H and O–H groups in total. The first-order valence-electron chi connectivity index (χ1n) is 8.91. The molecule has 0 bridgehead atoms. The van der Waals surface area contributed by atoms with Crippen LogP contribution in [0.5, 0.6) is 5.75 Å². The number of halogens is 2. The lowest BCUT2D eigenvalue weighted by Gasteiger charge is -2.35. The van der Waals surface area contributed by atoms with Gasteiger partial charge in [-0.2, -0.15) is 13.9 Å². The molecule has 0 aliphatic carbocycles. The number of carbonyl (C=O) groups excluding carboxylic acids is 2. The van der Waals surface area contributed by atoms with Crippen molar-refractivity contribution in [1.29, 1.82) is 0 Å². The van der Waals surface area contributed by atoms with E-state index in [1.165, 1.54) is 18.2 Å². The van der Waals surface area contributed by atoms with Crippen molar-refractivity contribution in [2.45, 2.75) is 20.5 Å². The summed E-state index contributed by atoms with van der Waals surface area (Å²) >= 11 is 0. The van der Waals surface area contributed by atoms with Crippen LogP contribution in [0.15, 0.2) is 24.3 Å². The minimum Gasteiger partial charge on any atom is -0.435 e. The normalized spacial score (nSPS) is 14.5. The zero-order chi connectivity index (χ0) is 20.4. The Morgan fingerprint density at radius 1 is 1.07 bits per heavy atom. The van der Waals surface area contributed by atoms with Gasteiger partial charge < -0.3 is 14.5 Å². The number of amides is 2. The fourth-order valence-electron chi connectivity index (χ4n) is 3.34. The number of benzene rings is 1. The second-order valence-electron chi connectivity index (χ2n) is 6.66. The average Bonchev–Trinajstić information content (AvgIpc) is 2.92. The second-order valence-corrected chi connectivity index (χ2v) is 6.66. The summed E-state index contributed by atoms with van der Waals surface area (Å²) in [6, 6.07) is 5.73. The van der Waals surface area contributed by atoms with Gasteiger partial charge in [-0.15, -0.1) is 0 Å². The van der Waals surface area contributed by atoms with Crippen molar-refractivity contribution in [2.75, 3.05) is 26.2 Å². The Morgan fingerprint density at radius 3 is 2.21 bits per heavy atom. The molecular formula is C19H22F2N4O3. The summed E-state index contributed by atoms with van der Waals surface area (Å²) < 4.78 is 30.8. The van der Waals surface area contributed by atoms with Crippen LogP contribution in [0, 0.1) is 13.8 Å². The number of hydrogen-bond donors (Lipinski definition) is 0. The molecule has 1 aliphatic heterocycles. The molecule has 0 saturated carbocycles. The van der Waals surface area contributed by atoms with Gasteiger partial charge >= 0.3 is 6.61 Å². The van der Waals surface area contributed by atoms with Gasteiger partial charge in [0.05, 0.1) is 11.3 Å². The molecule has 1 aromatic carbocycles. The van der Waals surface area contributed by atoms with Gasteiger partial charge in [0.15, 0.2) is 0 Å². The molecular weight excluding hydrogens is 370 g/mol. The maximum atomic E-state index is 12.8. The van der Waals surface area contributed by atoms with Crippen molar-refractivity contribution < 1.29 is 23.1 Å². The van der Waals surface area contributed by atoms with Gasteiger partial charge in [0.1, 0.15) is 5.75 Å². The topological polar surface area (TPSA) is 67.7 Å². The van der Waals surface area contributed by atoms with Crippen molar-refractivity contribution >= 4 is 11.8 Å². The molecule has 0 unspecified atom stereocenters. The highest BCUT2D eigenvalue weighted by Gasteiger charge is 2.28. The lowest BCUT2D eigenvalue weighted by Crippen LogP contribution is -2.50. The molecule has 0 spiro atoms. The smallest absolute Gasteiger partial charge is 0.387 e. The number of piperazine rings is 1. The number of alkyl halides is 2. The van der Waals surface area contributed by atoms with Crippen LogP contribution in [0.1, 0.15) is 32.1 Å². The van der Waals surface area contributed by atoms with E-state index in [4.69, 9.17) is 0 Å². The van der Waals surface area contributed by atoms with E-state index in [2.05, 4.69) is 9.84 Å². The molecule has 0 atom stereocenters. The first-order valence-corrected chi connectivity index (χ1v) is 8.91. The lowest BCUT2D eigenvalue weighted by atomic mass is 10.1. The fraction of sp³-hybridized carbons (Fsp3) is 0.421. The summed E-state index contributed by atoms with van der Waals surface area (Å²) in [5.74, 6) is -0.430. The molecule has 9 heteroatoms. The van der Waals surface area contributed by atoms with Crippen LogP contribution in [-0.4, -0.2) is 64.2 Å². The molecule has 150 valence electrons. The Balaban J connectivity index is 1.65. The van der Waals surface area contributed by atoms with Gasteiger partial charge in [-0.1, -0.05) is 6.07 Å². The van der Waals surface area contributed by atoms with Gasteiger partial charge in [-0.25, -0.2) is 0 Å². The molecule has 0 radical (unpaired) electrons. The second kappa shape index (κ2) is 7.95. The Hall–Kier alpha value is -2.97. The van der Waals surface area contributed by atoms with Crippen molar-refractivity contribution in [3.63, 3.8) is 0 Å². The van der Waals surface area contributed by atoms with Crippen LogP contribution in [0.3, 0.4) is 0 Å². The van der Waals surface area contributed by atoms with Gasteiger partial charge in [0, 0.05) is 44.5 Å². The first-order chi connectivity index (χ1) is 13.3. The Bertz CT molecular complexity index is 889. The lowest BCUT2D eigenvalue weighted by molar-refractivity contribution is -0.0499. The molecule has 3 rings (SSSR count). The zero-order valence-electron chi connectivity index (χ0n) is 16.0. The summed E-state index contributed by atoms with van der Waals surface area (Å²) in [5.41, 5.74) is 2.35. The molecule has 28 heavy (non-hydrogen) atoms. The van der Waals surface area contributed by atoms with Crippen molar-refractivity contribution in [2.24, 2.45) is 7.05 Å². The van der Waals surface area contributed by atoms with Gasteiger partial charge in [-0.3, -0.25) is 14.3 Å². The Kier molecular flexibility index (Phi) is 5.62. The van der Waals surface area contributed by atoms with E-state index in [9.17, 15) is 18.4 Å². The van der Waals surface area contributed by atoms with Crippen molar-refractivity contribution in [3.8, 4) is 5.75 Å². The number of carbonyl (C=O) groups is 2. The van der Waals surface area contributed by atoms with E-state index in [1.54, 1.807) is 34.5 Å². The van der Waals surface area contributed by atoms with E-state index >= 15 is 0 Å². The van der Waals surface area contributed by atoms with Gasteiger partial charge in [-0.05, 0) is 32.0 Å². The van der Waals surface area contributed by atoms with Crippen LogP contribution < -0.4 is 4.74 Å². The quantitative estimate of drug-likeness (QED) is 0.800. The molecule has 1 saturated heterocycles. The van der Waals surface area contributed by atoms with Crippen LogP contribution in [-0.2, 0) is 7.05 Å². The molecule has 2 heterocycles. The van der Waals surface area contributed by atoms with Crippen LogP contribution >= 0.6 is 0 Å². The third-order valence-corrected chi connectivity index (χ3v) is 4.88. The minimum atomic E-state index is -2.95. The van der Waals surface area contributed by atoms with E-state index in [0.717, 1.165) is 5.69 Å². The predicted molar refractivity (Wildman–Crippen MR) is 97.6 cm³/mol. The summed E-state index contributed by atoms with van der Waals surface area (Å²) in [6.45, 7) is 2.22. The highest BCUT2D eigenvalue weighted by molar-refractivity contribution is 5.97. The molecule has 2 aromatic rings. The molecule has 1 fully saturated rings. The number of rotatable bonds is 4. The maximum absolute atomic E-state index is 12.8. The maximum Gasteiger partial charge on any atom is 0.387 e. The third-order valence-electron chi connectivity index (χ3n) is 4.88. The largest absolute Gasteiger partial charge is 0.435 e. The molecule has 7 nitrogen and oxygen atoms in total. The molecule has 1 aromatic heterocycles.